The molecule has 5 aromatic rings. The van der Waals surface area contributed by atoms with Crippen molar-refractivity contribution in [3.8, 4) is 0 Å². The maximum atomic E-state index is 13.0. The Bertz CT molecular complexity index is 2680. The van der Waals surface area contributed by atoms with Gasteiger partial charge in [-0.1, -0.05) is 37.8 Å². The van der Waals surface area contributed by atoms with E-state index in [1.807, 2.05) is 0 Å². The van der Waals surface area contributed by atoms with Crippen LogP contribution >= 0.6 is 40.0 Å². The number of carbonyl (C=O) groups is 5. The number of ether oxygens (including phenoxy) is 2. The van der Waals surface area contributed by atoms with E-state index < -0.39 is 93.8 Å². The summed E-state index contributed by atoms with van der Waals surface area (Å²) >= 11 is 4.74. The SMILES string of the molecule is C.CCOC(=O)C1CC1c1ccc(F)c(F)c1.CCOC(=O)[C@@H]1C[C@H]1c1ccc(F)c(F)c1.O=C(O)[C@@H]1C[C@@H]1c1ccc(F)c(F)c1.O=C(O)[C@H]1C[C@@H]1c1ccc(F)c(F)c1.O=C(O)[C@H]1C[C@H]1c1ccc(F)c(F)c1.[I][V][I]. The molecule has 10 nitrogen and oxygen atoms in total. The van der Waals surface area contributed by atoms with Crippen LogP contribution in [-0.4, -0.2) is 58.4 Å². The first-order valence-corrected chi connectivity index (χ1v) is 32.7. The van der Waals surface area contributed by atoms with Gasteiger partial charge >= 0.3 is 79.3 Å². The molecule has 0 radical (unpaired) electrons. The van der Waals surface area contributed by atoms with Crippen LogP contribution in [0.4, 0.5) is 43.9 Å². The third-order valence-electron chi connectivity index (χ3n) is 12.9. The van der Waals surface area contributed by atoms with Crippen molar-refractivity contribution in [2.24, 2.45) is 29.6 Å². The van der Waals surface area contributed by atoms with E-state index >= 15 is 0 Å². The number of hydrogen-bond acceptors (Lipinski definition) is 7. The molecular formula is C55H52F10I2O10V. The average molecular weight is 1370 g/mol. The topological polar surface area (TPSA) is 164 Å². The van der Waals surface area contributed by atoms with Crippen molar-refractivity contribution < 1.29 is 102 Å². The Morgan fingerprint density at radius 2 is 0.577 bits per heavy atom. The van der Waals surface area contributed by atoms with Crippen molar-refractivity contribution in [2.45, 2.75) is 83.0 Å². The maximum absolute atomic E-state index is 13.0. The number of halogens is 12. The molecule has 0 bridgehead atoms. The van der Waals surface area contributed by atoms with Gasteiger partial charge in [-0.3, -0.25) is 24.0 Å². The van der Waals surface area contributed by atoms with Crippen LogP contribution in [0.15, 0.2) is 91.0 Å². The Hall–Kier alpha value is -5.21. The van der Waals surface area contributed by atoms with Crippen LogP contribution < -0.4 is 0 Å². The minimum atomic E-state index is -0.918. The number of benzene rings is 5. The predicted octanol–water partition coefficient (Wildman–Crippen LogP) is 14.1. The van der Waals surface area contributed by atoms with Gasteiger partial charge in [-0.15, -0.1) is 0 Å². The van der Waals surface area contributed by atoms with Crippen LogP contribution in [0.25, 0.3) is 0 Å². The second kappa shape index (κ2) is 29.8. The molecule has 0 heterocycles. The Morgan fingerprint density at radius 1 is 0.397 bits per heavy atom. The number of esters is 2. The molecule has 3 N–H and O–H groups in total. The average Bonchev–Trinajstić information content (AvgIpc) is 4.17. The number of hydrogen-bond donors (Lipinski definition) is 3. The van der Waals surface area contributed by atoms with Gasteiger partial charge in [0.15, 0.2) is 58.2 Å². The summed E-state index contributed by atoms with van der Waals surface area (Å²) in [4.78, 5) is 54.3. The molecule has 78 heavy (non-hydrogen) atoms. The molecule has 5 saturated carbocycles. The molecule has 0 aromatic heterocycles. The van der Waals surface area contributed by atoms with Gasteiger partial charge in [0, 0.05) is 0 Å². The van der Waals surface area contributed by atoms with E-state index in [0.717, 1.165) is 60.7 Å². The van der Waals surface area contributed by atoms with E-state index in [2.05, 4.69) is 40.0 Å². The first-order valence-electron chi connectivity index (χ1n) is 23.6. The van der Waals surface area contributed by atoms with Crippen LogP contribution in [0.5, 0.6) is 0 Å². The number of carboxylic acids is 3. The van der Waals surface area contributed by atoms with Gasteiger partial charge in [0.1, 0.15) is 0 Å². The molecule has 5 fully saturated rings. The third kappa shape index (κ3) is 18.7. The fourth-order valence-electron chi connectivity index (χ4n) is 8.37. The van der Waals surface area contributed by atoms with Crippen LogP contribution in [-0.2, 0) is 42.9 Å². The fourth-order valence-corrected chi connectivity index (χ4v) is 8.37. The molecule has 5 aliphatic rings. The predicted molar refractivity (Wildman–Crippen MR) is 277 cm³/mol. The zero-order valence-corrected chi connectivity index (χ0v) is 46.3. The molecule has 2 unspecified atom stereocenters. The number of aliphatic carboxylic acids is 3. The van der Waals surface area contributed by atoms with Gasteiger partial charge in [-0.25, -0.2) is 43.9 Å². The summed E-state index contributed by atoms with van der Waals surface area (Å²) in [7, 11) is 0.628. The van der Waals surface area contributed by atoms with Crippen molar-refractivity contribution in [1.82, 2.24) is 0 Å². The standard InChI is InChI=1S/2C12H12F2O2.3C10H8F2O2.CH4.2HI.V/c2*1-2-16-12(15)9-6-8(9)7-3-4-10(13)11(14)5-7;3*11-8-2-1-5(3-9(8)12)6-4-7(6)10(13)14;;;;/h2*3-5,8-9H,2,6H2,1H3;3*1-3,6-7H,4H2,(H,13,14);1H4;2*1H;/q;;;;;;;;+2/p-2/t8-,9+;;6-,7+;2*6-,7-;;;;/m0.110..../s1. The number of rotatable bonds is 12. The zero-order chi connectivity index (χ0) is 57.0. The van der Waals surface area contributed by atoms with E-state index in [0.29, 0.717) is 82.6 Å². The van der Waals surface area contributed by atoms with Crippen LogP contribution in [0.1, 0.15) is 111 Å². The fraction of sp³-hybridized carbons (Fsp3) is 0.364. The summed E-state index contributed by atoms with van der Waals surface area (Å²) in [5.41, 5.74) is 3.03. The quantitative estimate of drug-likeness (QED) is 0.0622. The van der Waals surface area contributed by atoms with E-state index in [9.17, 15) is 67.9 Å². The molecular weight excluding hydrogens is 1320 g/mol. The summed E-state index contributed by atoms with van der Waals surface area (Å²) in [5.74, 6) is -14.2. The molecule has 0 saturated heterocycles. The number of carbonyl (C=O) groups excluding carboxylic acids is 2. The summed E-state index contributed by atoms with van der Waals surface area (Å²) < 4.78 is 137. The van der Waals surface area contributed by atoms with Crippen molar-refractivity contribution >= 4 is 69.8 Å². The molecule has 10 rings (SSSR count). The van der Waals surface area contributed by atoms with Gasteiger partial charge in [0.05, 0.1) is 42.8 Å². The van der Waals surface area contributed by atoms with Crippen LogP contribution in [0.2, 0.25) is 0 Å². The van der Waals surface area contributed by atoms with E-state index in [1.54, 1.807) is 13.8 Å². The first kappa shape index (κ1) is 65.3. The summed E-state index contributed by atoms with van der Waals surface area (Å²) in [6.45, 7) is 4.18. The second-order valence-electron chi connectivity index (χ2n) is 18.2. The van der Waals surface area contributed by atoms with Gasteiger partial charge in [-0.05, 0) is 164 Å². The first-order chi connectivity index (χ1) is 36.5. The number of carboxylic acid groups (broad SMARTS) is 3. The van der Waals surface area contributed by atoms with Gasteiger partial charge in [-0.2, -0.15) is 0 Å². The minimum absolute atomic E-state index is 0. The molecule has 5 aromatic carbocycles. The Labute approximate surface area is 471 Å². The Kier molecular flexibility index (Phi) is 25.0. The van der Waals surface area contributed by atoms with E-state index in [1.165, 1.54) is 30.3 Å². The van der Waals surface area contributed by atoms with Gasteiger partial charge in [0.2, 0.25) is 0 Å². The normalized spacial score (nSPS) is 22.9. The van der Waals surface area contributed by atoms with Crippen LogP contribution in [0.3, 0.4) is 0 Å². The van der Waals surface area contributed by atoms with Crippen molar-refractivity contribution in [2.75, 3.05) is 13.2 Å². The van der Waals surface area contributed by atoms with Crippen molar-refractivity contribution in [3.05, 3.63) is 177 Å². The summed E-state index contributed by atoms with van der Waals surface area (Å²) in [5, 5.41) is 25.9. The molecule has 5 aliphatic carbocycles. The van der Waals surface area contributed by atoms with Gasteiger partial charge in [0.25, 0.3) is 0 Å². The van der Waals surface area contributed by atoms with E-state index in [4.69, 9.17) is 24.8 Å². The van der Waals surface area contributed by atoms with E-state index in [-0.39, 0.29) is 60.8 Å². The Balaban J connectivity index is 0.000000207. The zero-order valence-electron chi connectivity index (χ0n) is 40.6. The molecule has 10 atom stereocenters. The van der Waals surface area contributed by atoms with Crippen molar-refractivity contribution in [1.29, 1.82) is 0 Å². The monoisotopic (exact) mass is 1370 g/mol. The second-order valence-corrected chi connectivity index (χ2v) is 30.0. The molecule has 0 aliphatic heterocycles. The summed E-state index contributed by atoms with van der Waals surface area (Å²) in [6.07, 6.45) is 2.86. The molecule has 421 valence electrons. The van der Waals surface area contributed by atoms with Crippen LogP contribution in [0, 0.1) is 87.8 Å². The van der Waals surface area contributed by atoms with Crippen molar-refractivity contribution in [3.63, 3.8) is 0 Å². The van der Waals surface area contributed by atoms with Gasteiger partial charge < -0.3 is 24.8 Å². The Morgan fingerprint density at radius 3 is 0.731 bits per heavy atom. The third-order valence-corrected chi connectivity index (χ3v) is 12.9. The molecule has 0 amide bonds. The summed E-state index contributed by atoms with van der Waals surface area (Å²) in [6, 6.07) is 18.1. The molecule has 23 heteroatoms. The molecule has 0 spiro atoms.